The highest BCUT2D eigenvalue weighted by Gasteiger charge is 2.22. The Labute approximate surface area is 112 Å². The van der Waals surface area contributed by atoms with Crippen molar-refractivity contribution in [3.8, 4) is 0 Å². The number of benzene rings is 1. The van der Waals surface area contributed by atoms with Crippen molar-refractivity contribution in [1.82, 2.24) is 5.32 Å². The molecule has 0 aromatic heterocycles. The molecule has 1 unspecified atom stereocenters. The number of amides is 1. The second kappa shape index (κ2) is 5.17. The summed E-state index contributed by atoms with van der Waals surface area (Å²) in [6.07, 6.45) is 0.374. The summed E-state index contributed by atoms with van der Waals surface area (Å²) in [7, 11) is 0. The third-order valence-corrected chi connectivity index (χ3v) is 2.84. The number of nitrogens with one attached hydrogen (secondary N) is 2. The highest BCUT2D eigenvalue weighted by atomic mass is 19.1. The SMILES string of the molecule is CC(C)(C)OC(=O)Nc1ccc(F)c(C2CCN2)c1. The van der Waals surface area contributed by atoms with Gasteiger partial charge in [0.2, 0.25) is 0 Å². The monoisotopic (exact) mass is 266 g/mol. The molecular weight excluding hydrogens is 247 g/mol. The van der Waals surface area contributed by atoms with E-state index in [1.54, 1.807) is 26.8 Å². The lowest BCUT2D eigenvalue weighted by Crippen LogP contribution is -2.35. The Balaban J connectivity index is 2.06. The molecule has 2 N–H and O–H groups in total. The highest BCUT2D eigenvalue weighted by Crippen LogP contribution is 2.27. The lowest BCUT2D eigenvalue weighted by atomic mass is 9.97. The van der Waals surface area contributed by atoms with E-state index in [0.717, 1.165) is 13.0 Å². The van der Waals surface area contributed by atoms with Crippen LogP contribution >= 0.6 is 0 Å². The first-order valence-corrected chi connectivity index (χ1v) is 6.38. The molecule has 5 heteroatoms. The summed E-state index contributed by atoms with van der Waals surface area (Å²) in [5.74, 6) is -0.257. The smallest absolute Gasteiger partial charge is 0.412 e. The fraction of sp³-hybridized carbons (Fsp3) is 0.500. The minimum Gasteiger partial charge on any atom is -0.444 e. The Morgan fingerprint density at radius 3 is 2.68 bits per heavy atom. The number of anilines is 1. The largest absolute Gasteiger partial charge is 0.444 e. The van der Waals surface area contributed by atoms with Crippen LogP contribution in [0, 0.1) is 5.82 Å². The molecule has 19 heavy (non-hydrogen) atoms. The van der Waals surface area contributed by atoms with Crippen molar-refractivity contribution < 1.29 is 13.9 Å². The first kappa shape index (κ1) is 13.8. The molecule has 0 saturated carbocycles. The van der Waals surface area contributed by atoms with Gasteiger partial charge < -0.3 is 10.1 Å². The lowest BCUT2D eigenvalue weighted by molar-refractivity contribution is 0.0636. The zero-order valence-electron chi connectivity index (χ0n) is 11.4. The maximum Gasteiger partial charge on any atom is 0.412 e. The van der Waals surface area contributed by atoms with Crippen molar-refractivity contribution in [1.29, 1.82) is 0 Å². The average Bonchev–Trinajstić information content (AvgIpc) is 2.17. The normalized spacial score (nSPS) is 18.6. The zero-order valence-corrected chi connectivity index (χ0v) is 11.4. The quantitative estimate of drug-likeness (QED) is 0.864. The van der Waals surface area contributed by atoms with Crippen molar-refractivity contribution in [2.75, 3.05) is 11.9 Å². The Kier molecular flexibility index (Phi) is 3.75. The molecule has 4 nitrogen and oxygen atoms in total. The Bertz CT molecular complexity index is 479. The molecule has 1 atom stereocenters. The maximum absolute atomic E-state index is 13.7. The van der Waals surface area contributed by atoms with Crippen LogP contribution in [0.4, 0.5) is 14.9 Å². The molecular formula is C14H19FN2O2. The fourth-order valence-electron chi connectivity index (χ4n) is 1.86. The van der Waals surface area contributed by atoms with Crippen LogP contribution in [0.25, 0.3) is 0 Å². The van der Waals surface area contributed by atoms with Crippen molar-refractivity contribution >= 4 is 11.8 Å². The molecule has 1 aliphatic rings. The van der Waals surface area contributed by atoms with Crippen molar-refractivity contribution in [3.05, 3.63) is 29.6 Å². The van der Waals surface area contributed by atoms with E-state index < -0.39 is 11.7 Å². The van der Waals surface area contributed by atoms with E-state index >= 15 is 0 Å². The van der Waals surface area contributed by atoms with Crippen LogP contribution in [-0.2, 0) is 4.74 Å². The summed E-state index contributed by atoms with van der Waals surface area (Å²) >= 11 is 0. The number of rotatable bonds is 2. The summed E-state index contributed by atoms with van der Waals surface area (Å²) in [4.78, 5) is 11.6. The molecule has 104 valence electrons. The molecule has 1 aromatic rings. The van der Waals surface area contributed by atoms with Gasteiger partial charge in [-0.15, -0.1) is 0 Å². The predicted octanol–water partition coefficient (Wildman–Crippen LogP) is 3.21. The van der Waals surface area contributed by atoms with E-state index in [4.69, 9.17) is 4.74 Å². The minimum atomic E-state index is -0.553. The summed E-state index contributed by atoms with van der Waals surface area (Å²) in [5.41, 5.74) is 0.571. The number of hydrogen-bond donors (Lipinski definition) is 2. The molecule has 1 fully saturated rings. The topological polar surface area (TPSA) is 50.4 Å². The number of hydrogen-bond acceptors (Lipinski definition) is 3. The van der Waals surface area contributed by atoms with Gasteiger partial charge in [-0.05, 0) is 51.9 Å². The molecule has 2 rings (SSSR count). The molecule has 1 aliphatic heterocycles. The Hall–Kier alpha value is -1.62. The summed E-state index contributed by atoms with van der Waals surface area (Å²) < 4.78 is 18.8. The van der Waals surface area contributed by atoms with E-state index in [9.17, 15) is 9.18 Å². The van der Waals surface area contributed by atoms with E-state index in [1.165, 1.54) is 12.1 Å². The maximum atomic E-state index is 13.7. The molecule has 1 amide bonds. The number of carbonyl (C=O) groups excluding carboxylic acids is 1. The minimum absolute atomic E-state index is 0.0420. The van der Waals surface area contributed by atoms with Crippen LogP contribution < -0.4 is 10.6 Å². The van der Waals surface area contributed by atoms with Crippen LogP contribution in [-0.4, -0.2) is 18.2 Å². The van der Waals surface area contributed by atoms with Gasteiger partial charge in [-0.2, -0.15) is 0 Å². The van der Waals surface area contributed by atoms with Crippen LogP contribution in [0.15, 0.2) is 18.2 Å². The number of halogens is 1. The van der Waals surface area contributed by atoms with E-state index in [0.29, 0.717) is 11.3 Å². The van der Waals surface area contributed by atoms with Gasteiger partial charge in [-0.3, -0.25) is 5.32 Å². The molecule has 0 aliphatic carbocycles. The van der Waals surface area contributed by atoms with Gasteiger partial charge in [0.15, 0.2) is 0 Å². The Morgan fingerprint density at radius 2 is 2.16 bits per heavy atom. The van der Waals surface area contributed by atoms with Gasteiger partial charge in [-0.1, -0.05) is 0 Å². The van der Waals surface area contributed by atoms with Gasteiger partial charge >= 0.3 is 6.09 Å². The second-order valence-electron chi connectivity index (χ2n) is 5.66. The van der Waals surface area contributed by atoms with Crippen molar-refractivity contribution in [2.45, 2.75) is 38.8 Å². The van der Waals surface area contributed by atoms with Crippen LogP contribution in [0.1, 0.15) is 38.8 Å². The van der Waals surface area contributed by atoms with E-state index in [1.807, 2.05) is 0 Å². The molecule has 0 radical (unpaired) electrons. The summed E-state index contributed by atoms with van der Waals surface area (Å²) in [5, 5.41) is 5.75. The van der Waals surface area contributed by atoms with Crippen LogP contribution in [0.2, 0.25) is 0 Å². The third kappa shape index (κ3) is 3.67. The van der Waals surface area contributed by atoms with E-state index in [-0.39, 0.29) is 11.9 Å². The highest BCUT2D eigenvalue weighted by molar-refractivity contribution is 5.85. The predicted molar refractivity (Wildman–Crippen MR) is 71.6 cm³/mol. The van der Waals surface area contributed by atoms with Gasteiger partial charge in [0, 0.05) is 17.3 Å². The number of ether oxygens (including phenoxy) is 1. The standard InChI is InChI=1S/C14H19FN2O2/c1-14(2,3)19-13(18)17-9-4-5-11(15)10(8-9)12-6-7-16-12/h4-5,8,12,16H,6-7H2,1-3H3,(H,17,18). The first-order valence-electron chi connectivity index (χ1n) is 6.38. The average molecular weight is 266 g/mol. The zero-order chi connectivity index (χ0) is 14.0. The van der Waals surface area contributed by atoms with Gasteiger partial charge in [0.25, 0.3) is 0 Å². The van der Waals surface area contributed by atoms with E-state index in [2.05, 4.69) is 10.6 Å². The van der Waals surface area contributed by atoms with Gasteiger partial charge in [-0.25, -0.2) is 9.18 Å². The number of carbonyl (C=O) groups is 1. The van der Waals surface area contributed by atoms with Crippen LogP contribution in [0.5, 0.6) is 0 Å². The summed E-state index contributed by atoms with van der Waals surface area (Å²) in [6.45, 7) is 6.27. The Morgan fingerprint density at radius 1 is 1.47 bits per heavy atom. The molecule has 1 heterocycles. The van der Waals surface area contributed by atoms with Crippen LogP contribution in [0.3, 0.4) is 0 Å². The molecule has 1 aromatic carbocycles. The lowest BCUT2D eigenvalue weighted by Gasteiger charge is -2.28. The molecule has 0 bridgehead atoms. The van der Waals surface area contributed by atoms with Gasteiger partial charge in [0.05, 0.1) is 0 Å². The summed E-state index contributed by atoms with van der Waals surface area (Å²) in [6, 6.07) is 4.58. The second-order valence-corrected chi connectivity index (χ2v) is 5.66. The molecule has 1 saturated heterocycles. The first-order chi connectivity index (χ1) is 8.85. The van der Waals surface area contributed by atoms with Crippen molar-refractivity contribution in [3.63, 3.8) is 0 Å². The van der Waals surface area contributed by atoms with Gasteiger partial charge in [0.1, 0.15) is 11.4 Å². The fourth-order valence-corrected chi connectivity index (χ4v) is 1.86. The van der Waals surface area contributed by atoms with Crippen molar-refractivity contribution in [2.24, 2.45) is 0 Å². The molecule has 0 spiro atoms. The third-order valence-electron chi connectivity index (χ3n) is 2.84.